The van der Waals surface area contributed by atoms with Crippen LogP contribution in [0.5, 0.6) is 0 Å². The Bertz CT molecular complexity index is 1010. The van der Waals surface area contributed by atoms with Crippen LogP contribution in [0.4, 0.5) is 26.0 Å². The Labute approximate surface area is 165 Å². The summed E-state index contributed by atoms with van der Waals surface area (Å²) in [6, 6.07) is 10.8. The molecular weight excluding hydrogens is 382 g/mol. The topological polar surface area (TPSA) is 93.6 Å². The van der Waals surface area contributed by atoms with E-state index in [2.05, 4.69) is 15.2 Å². The molecule has 0 saturated carbocycles. The Morgan fingerprint density at radius 2 is 1.72 bits per heavy atom. The van der Waals surface area contributed by atoms with Gasteiger partial charge in [-0.2, -0.15) is 0 Å². The number of nitrogens with one attached hydrogen (secondary N) is 1. The number of primary amides is 1. The van der Waals surface area contributed by atoms with Crippen molar-refractivity contribution in [3.05, 3.63) is 59.8 Å². The lowest BCUT2D eigenvalue weighted by Crippen LogP contribution is -2.36. The van der Waals surface area contributed by atoms with E-state index >= 15 is 0 Å². The SMILES string of the molecule is NC(=O)c1nc(-c2c(F)cccc2F)oc1Nc1ccc(N2CCOCC2)cc1. The summed E-state index contributed by atoms with van der Waals surface area (Å²) in [6.45, 7) is 2.96. The molecule has 9 heteroatoms. The van der Waals surface area contributed by atoms with Crippen molar-refractivity contribution in [2.75, 3.05) is 36.5 Å². The van der Waals surface area contributed by atoms with Crippen molar-refractivity contribution < 1.29 is 22.7 Å². The van der Waals surface area contributed by atoms with E-state index in [1.54, 1.807) is 12.1 Å². The lowest BCUT2D eigenvalue weighted by atomic mass is 10.2. The van der Waals surface area contributed by atoms with Crippen LogP contribution >= 0.6 is 0 Å². The maximum atomic E-state index is 14.0. The number of morpholine rings is 1. The minimum absolute atomic E-state index is 0.0886. The number of oxazole rings is 1. The number of hydrogen-bond donors (Lipinski definition) is 2. The second kappa shape index (κ2) is 7.88. The van der Waals surface area contributed by atoms with Crippen molar-refractivity contribution in [1.29, 1.82) is 0 Å². The van der Waals surface area contributed by atoms with Crippen LogP contribution in [0.2, 0.25) is 0 Å². The van der Waals surface area contributed by atoms with Gasteiger partial charge in [-0.1, -0.05) is 6.07 Å². The molecular formula is C20H18F2N4O3. The van der Waals surface area contributed by atoms with Crippen LogP contribution in [0.3, 0.4) is 0 Å². The van der Waals surface area contributed by atoms with E-state index in [0.717, 1.165) is 30.9 Å². The molecule has 3 N–H and O–H groups in total. The molecule has 0 unspecified atom stereocenters. The van der Waals surface area contributed by atoms with Crippen molar-refractivity contribution in [3.8, 4) is 11.5 Å². The highest BCUT2D eigenvalue weighted by atomic mass is 19.1. The molecule has 150 valence electrons. The van der Waals surface area contributed by atoms with Crippen LogP contribution in [0.25, 0.3) is 11.5 Å². The van der Waals surface area contributed by atoms with E-state index in [4.69, 9.17) is 14.9 Å². The number of aromatic nitrogens is 1. The number of halogens is 2. The maximum Gasteiger partial charge on any atom is 0.273 e. The smallest absolute Gasteiger partial charge is 0.273 e. The molecule has 1 aliphatic heterocycles. The van der Waals surface area contributed by atoms with Crippen LogP contribution in [-0.2, 0) is 4.74 Å². The molecule has 4 rings (SSSR count). The van der Waals surface area contributed by atoms with Gasteiger partial charge in [0.05, 0.1) is 13.2 Å². The van der Waals surface area contributed by atoms with Crippen molar-refractivity contribution >= 4 is 23.2 Å². The molecule has 1 amide bonds. The van der Waals surface area contributed by atoms with Crippen molar-refractivity contribution in [2.45, 2.75) is 0 Å². The number of amides is 1. The van der Waals surface area contributed by atoms with Gasteiger partial charge in [0.2, 0.25) is 11.8 Å². The van der Waals surface area contributed by atoms with E-state index in [1.165, 1.54) is 6.07 Å². The number of carbonyl (C=O) groups excluding carboxylic acids is 1. The van der Waals surface area contributed by atoms with Gasteiger partial charge in [0.25, 0.3) is 5.91 Å². The summed E-state index contributed by atoms with van der Waals surface area (Å²) >= 11 is 0. The quantitative estimate of drug-likeness (QED) is 0.683. The van der Waals surface area contributed by atoms with E-state index in [1.807, 2.05) is 12.1 Å². The van der Waals surface area contributed by atoms with Gasteiger partial charge in [-0.25, -0.2) is 13.8 Å². The Kier molecular flexibility index (Phi) is 5.13. The fourth-order valence-corrected chi connectivity index (χ4v) is 3.09. The zero-order chi connectivity index (χ0) is 20.4. The summed E-state index contributed by atoms with van der Waals surface area (Å²) in [5.74, 6) is -3.06. The average Bonchev–Trinajstić information content (AvgIpc) is 3.13. The van der Waals surface area contributed by atoms with Gasteiger partial charge in [0.1, 0.15) is 17.2 Å². The van der Waals surface area contributed by atoms with Gasteiger partial charge in [0, 0.05) is 24.5 Å². The first kappa shape index (κ1) is 18.9. The number of hydrogen-bond acceptors (Lipinski definition) is 6. The van der Waals surface area contributed by atoms with E-state index < -0.39 is 23.1 Å². The largest absolute Gasteiger partial charge is 0.419 e. The molecule has 0 bridgehead atoms. The first-order chi connectivity index (χ1) is 14.0. The highest BCUT2D eigenvalue weighted by Gasteiger charge is 2.23. The number of ether oxygens (including phenoxy) is 1. The Hall–Kier alpha value is -3.46. The van der Waals surface area contributed by atoms with Gasteiger partial charge >= 0.3 is 0 Å². The van der Waals surface area contributed by atoms with Gasteiger partial charge in [-0.15, -0.1) is 0 Å². The molecule has 1 aromatic heterocycles. The first-order valence-electron chi connectivity index (χ1n) is 8.98. The highest BCUT2D eigenvalue weighted by molar-refractivity contribution is 5.96. The molecule has 0 radical (unpaired) electrons. The molecule has 29 heavy (non-hydrogen) atoms. The van der Waals surface area contributed by atoms with Crippen LogP contribution in [-0.4, -0.2) is 37.2 Å². The number of benzene rings is 2. The molecule has 2 aromatic carbocycles. The number of nitrogens with two attached hydrogens (primary N) is 1. The molecule has 1 saturated heterocycles. The van der Waals surface area contributed by atoms with Crippen LogP contribution in [0.15, 0.2) is 46.9 Å². The molecule has 1 fully saturated rings. The highest BCUT2D eigenvalue weighted by Crippen LogP contribution is 2.31. The van der Waals surface area contributed by atoms with Crippen LogP contribution in [0, 0.1) is 11.6 Å². The summed E-state index contributed by atoms with van der Waals surface area (Å²) in [7, 11) is 0. The van der Waals surface area contributed by atoms with E-state index in [0.29, 0.717) is 18.9 Å². The van der Waals surface area contributed by atoms with Crippen LogP contribution < -0.4 is 16.0 Å². The summed E-state index contributed by atoms with van der Waals surface area (Å²) < 4.78 is 38.9. The lowest BCUT2D eigenvalue weighted by molar-refractivity contribution is 0.0996. The monoisotopic (exact) mass is 400 g/mol. The summed E-state index contributed by atoms with van der Waals surface area (Å²) in [6.07, 6.45) is 0. The predicted octanol–water partition coefficient (Wildman–Crippen LogP) is 3.30. The first-order valence-corrected chi connectivity index (χ1v) is 8.98. The third kappa shape index (κ3) is 3.90. The number of nitrogens with zero attached hydrogens (tertiary/aromatic N) is 2. The molecule has 2 heterocycles. The van der Waals surface area contributed by atoms with Crippen molar-refractivity contribution in [3.63, 3.8) is 0 Å². The summed E-state index contributed by atoms with van der Waals surface area (Å²) in [4.78, 5) is 17.8. The van der Waals surface area contributed by atoms with Crippen molar-refractivity contribution in [1.82, 2.24) is 4.98 Å². The second-order valence-corrected chi connectivity index (χ2v) is 6.43. The minimum Gasteiger partial charge on any atom is -0.419 e. The van der Waals surface area contributed by atoms with E-state index in [-0.39, 0.29) is 17.5 Å². The van der Waals surface area contributed by atoms with Crippen LogP contribution in [0.1, 0.15) is 10.5 Å². The maximum absolute atomic E-state index is 14.0. The third-order valence-electron chi connectivity index (χ3n) is 4.54. The summed E-state index contributed by atoms with van der Waals surface area (Å²) in [5.41, 5.74) is 6.26. The average molecular weight is 400 g/mol. The van der Waals surface area contributed by atoms with Gasteiger partial charge in [-0.3, -0.25) is 4.79 Å². The number of anilines is 3. The Morgan fingerprint density at radius 3 is 2.34 bits per heavy atom. The standard InChI is InChI=1S/C20H18F2N4O3/c21-14-2-1-3-15(22)16(14)19-25-17(18(23)27)20(29-19)24-12-4-6-13(7-5-12)26-8-10-28-11-9-26/h1-7,24H,8-11H2,(H2,23,27). The fraction of sp³-hybridized carbons (Fsp3) is 0.200. The third-order valence-corrected chi connectivity index (χ3v) is 4.54. The van der Waals surface area contributed by atoms with Gasteiger partial charge in [-0.05, 0) is 36.4 Å². The molecule has 1 aliphatic rings. The van der Waals surface area contributed by atoms with Gasteiger partial charge < -0.3 is 25.1 Å². The fourth-order valence-electron chi connectivity index (χ4n) is 3.09. The molecule has 0 spiro atoms. The zero-order valence-electron chi connectivity index (χ0n) is 15.3. The molecule has 7 nitrogen and oxygen atoms in total. The van der Waals surface area contributed by atoms with Gasteiger partial charge in [0.15, 0.2) is 5.69 Å². The van der Waals surface area contributed by atoms with E-state index in [9.17, 15) is 13.6 Å². The minimum atomic E-state index is -0.885. The summed E-state index contributed by atoms with van der Waals surface area (Å²) in [5, 5.41) is 2.89. The molecule has 0 atom stereocenters. The molecule has 3 aromatic rings. The Balaban J connectivity index is 1.61. The number of carbonyl (C=O) groups is 1. The second-order valence-electron chi connectivity index (χ2n) is 6.43. The molecule has 0 aliphatic carbocycles. The number of rotatable bonds is 5. The normalized spacial score (nSPS) is 14.1. The van der Waals surface area contributed by atoms with Crippen molar-refractivity contribution in [2.24, 2.45) is 5.73 Å². The Morgan fingerprint density at radius 1 is 1.07 bits per heavy atom. The predicted molar refractivity (Wildman–Crippen MR) is 103 cm³/mol. The lowest BCUT2D eigenvalue weighted by Gasteiger charge is -2.28. The zero-order valence-corrected chi connectivity index (χ0v) is 15.3.